The third-order valence-electron chi connectivity index (χ3n) is 12.7. The van der Waals surface area contributed by atoms with Crippen molar-refractivity contribution in [1.82, 2.24) is 30.1 Å². The highest BCUT2D eigenvalue weighted by Gasteiger charge is 2.51. The molecule has 3 aliphatic rings. The number of hydrogen-bond donors (Lipinski definition) is 0. The van der Waals surface area contributed by atoms with Gasteiger partial charge in [-0.3, -0.25) is 0 Å². The molecular weight excluding hydrogens is 679 g/mol. The smallest absolute Gasteiger partial charge is 0.232 e. The lowest BCUT2D eigenvalue weighted by Gasteiger charge is -2.53. The van der Waals surface area contributed by atoms with Crippen LogP contribution in [-0.4, -0.2) is 101 Å². The molecule has 54 heavy (non-hydrogen) atoms. The molecule has 0 amide bonds. The third kappa shape index (κ3) is 9.64. The molecule has 12 heteroatoms. The summed E-state index contributed by atoms with van der Waals surface area (Å²) in [5, 5.41) is 44.6. The van der Waals surface area contributed by atoms with Crippen molar-refractivity contribution in [3.8, 4) is 0 Å². The summed E-state index contributed by atoms with van der Waals surface area (Å²) < 4.78 is 0. The van der Waals surface area contributed by atoms with Crippen LogP contribution in [0.25, 0.3) is 0 Å². The first-order chi connectivity index (χ1) is 24.8. The van der Waals surface area contributed by atoms with Crippen molar-refractivity contribution >= 4 is 17.8 Å². The number of unbranched alkanes of at least 4 members (excludes halogenated alkanes) is 3. The van der Waals surface area contributed by atoms with E-state index in [2.05, 4.69) is 119 Å². The maximum atomic E-state index is 13.6. The SMILES string of the molecule is CCCCN(c1nc(N(CCCC)C2CC(C)(C)N([O])C(C)(C)C2)nc(N(CCCC)C2CC(C)(C)N([O])C(C)(C)C2)n1)C1CC(C)(C)N([O])C(C)(C)C1. The van der Waals surface area contributed by atoms with Crippen LogP contribution in [0.1, 0.15) is 181 Å². The molecule has 0 aliphatic carbocycles. The lowest BCUT2D eigenvalue weighted by molar-refractivity contribution is -0.289. The van der Waals surface area contributed by atoms with Gasteiger partial charge in [0.25, 0.3) is 0 Å². The van der Waals surface area contributed by atoms with Crippen LogP contribution in [0.4, 0.5) is 17.8 Å². The van der Waals surface area contributed by atoms with Crippen molar-refractivity contribution < 1.29 is 15.6 Å². The van der Waals surface area contributed by atoms with Crippen LogP contribution in [0.3, 0.4) is 0 Å². The van der Waals surface area contributed by atoms with Crippen molar-refractivity contribution in [3.05, 3.63) is 0 Å². The Morgan fingerprint density at radius 1 is 0.426 bits per heavy atom. The Morgan fingerprint density at radius 3 is 0.778 bits per heavy atom. The van der Waals surface area contributed by atoms with E-state index in [4.69, 9.17) is 15.0 Å². The minimum absolute atomic E-state index is 0.0613. The molecule has 1 aromatic heterocycles. The summed E-state index contributed by atoms with van der Waals surface area (Å²) in [6.07, 6.45) is 10.2. The van der Waals surface area contributed by atoms with Gasteiger partial charge in [-0.05, 0) is 141 Å². The maximum absolute atomic E-state index is 13.6. The number of anilines is 3. The highest BCUT2D eigenvalue weighted by Crippen LogP contribution is 2.44. The number of nitrogens with zero attached hydrogens (tertiary/aromatic N) is 9. The normalized spacial score (nSPS) is 24.8. The van der Waals surface area contributed by atoms with Gasteiger partial charge in [-0.25, -0.2) is 0 Å². The van der Waals surface area contributed by atoms with Crippen LogP contribution in [-0.2, 0) is 15.6 Å². The zero-order chi connectivity index (χ0) is 40.7. The molecule has 0 bridgehead atoms. The van der Waals surface area contributed by atoms with Gasteiger partial charge in [0.2, 0.25) is 17.8 Å². The molecular formula is C42H78N9O3. The van der Waals surface area contributed by atoms with Gasteiger partial charge in [0.1, 0.15) is 0 Å². The summed E-state index contributed by atoms with van der Waals surface area (Å²) in [6, 6.07) is 0.184. The number of hydroxylamine groups is 6. The molecule has 0 aromatic carbocycles. The molecule has 12 nitrogen and oxygen atoms in total. The van der Waals surface area contributed by atoms with Gasteiger partial charge in [0.05, 0.1) is 0 Å². The molecule has 3 aliphatic heterocycles. The highest BCUT2D eigenvalue weighted by molar-refractivity contribution is 5.49. The quantitative estimate of drug-likeness (QED) is 0.173. The van der Waals surface area contributed by atoms with Gasteiger partial charge in [0.15, 0.2) is 0 Å². The summed E-state index contributed by atoms with van der Waals surface area (Å²) in [5.41, 5.74) is -3.32. The lowest BCUT2D eigenvalue weighted by atomic mass is 9.78. The minimum Gasteiger partial charge on any atom is -0.337 e. The third-order valence-corrected chi connectivity index (χ3v) is 12.7. The number of piperidine rings is 3. The molecule has 4 rings (SSSR count). The van der Waals surface area contributed by atoms with E-state index < -0.39 is 33.2 Å². The first-order valence-electron chi connectivity index (χ1n) is 21.3. The summed E-state index contributed by atoms with van der Waals surface area (Å²) >= 11 is 0. The van der Waals surface area contributed by atoms with E-state index in [0.717, 1.165) is 58.2 Å². The second-order valence-corrected chi connectivity index (χ2v) is 20.8. The molecule has 0 saturated carbocycles. The van der Waals surface area contributed by atoms with Gasteiger partial charge in [-0.2, -0.15) is 15.0 Å². The highest BCUT2D eigenvalue weighted by atomic mass is 16.5. The van der Waals surface area contributed by atoms with Gasteiger partial charge in [-0.1, -0.05) is 40.0 Å². The Kier molecular flexibility index (Phi) is 13.8. The topological polar surface area (TPSA) is 118 Å². The zero-order valence-corrected chi connectivity index (χ0v) is 37.1. The van der Waals surface area contributed by atoms with E-state index in [1.165, 1.54) is 15.2 Å². The minimum atomic E-state index is -0.553. The Labute approximate surface area is 329 Å². The van der Waals surface area contributed by atoms with E-state index in [-0.39, 0.29) is 18.1 Å². The summed E-state index contributed by atoms with van der Waals surface area (Å²) in [6.45, 7) is 33.7. The largest absolute Gasteiger partial charge is 0.337 e. The van der Waals surface area contributed by atoms with Crippen LogP contribution in [0, 0.1) is 0 Å². The van der Waals surface area contributed by atoms with E-state index in [1.54, 1.807) is 0 Å². The summed E-state index contributed by atoms with van der Waals surface area (Å²) in [5.74, 6) is 2.01. The maximum Gasteiger partial charge on any atom is 0.232 e. The molecule has 3 saturated heterocycles. The van der Waals surface area contributed by atoms with Crippen LogP contribution >= 0.6 is 0 Å². The molecule has 309 valence electrons. The predicted molar refractivity (Wildman–Crippen MR) is 218 cm³/mol. The Morgan fingerprint density at radius 2 is 0.611 bits per heavy atom. The van der Waals surface area contributed by atoms with Crippen molar-refractivity contribution in [2.45, 2.75) is 232 Å². The standard InChI is InChI=1S/C42H78N9O3/c1-16-19-22-46(31-25-37(4,5)49(52)38(6,7)26-31)34-43-35(47(23-20-17-2)32-27-39(8,9)50(53)40(10,11)28-32)45-36(44-34)48(24-21-18-3)33-29-41(12,13)51(54)42(14,15)30-33/h31-33H,16-30H2,1-15H3. The lowest BCUT2D eigenvalue weighted by Crippen LogP contribution is -2.63. The van der Waals surface area contributed by atoms with Crippen molar-refractivity contribution in [1.29, 1.82) is 0 Å². The number of rotatable bonds is 15. The zero-order valence-electron chi connectivity index (χ0n) is 37.1. The molecule has 0 unspecified atom stereocenters. The molecule has 0 atom stereocenters. The van der Waals surface area contributed by atoms with Crippen LogP contribution in [0.2, 0.25) is 0 Å². The summed E-state index contributed by atoms with van der Waals surface area (Å²) in [4.78, 5) is 23.6. The fourth-order valence-corrected chi connectivity index (χ4v) is 10.3. The van der Waals surface area contributed by atoms with Crippen molar-refractivity contribution in [2.24, 2.45) is 0 Å². The molecule has 3 radical (unpaired) electrons. The monoisotopic (exact) mass is 757 g/mol. The molecule has 1 aromatic rings. The van der Waals surface area contributed by atoms with E-state index >= 15 is 0 Å². The van der Waals surface area contributed by atoms with Gasteiger partial charge >= 0.3 is 0 Å². The first-order valence-corrected chi connectivity index (χ1v) is 21.3. The predicted octanol–water partition coefficient (Wildman–Crippen LogP) is 8.79. The van der Waals surface area contributed by atoms with E-state index in [9.17, 15) is 15.6 Å². The number of hydrogen-bond acceptors (Lipinski definition) is 9. The van der Waals surface area contributed by atoms with E-state index in [0.29, 0.717) is 56.4 Å². The van der Waals surface area contributed by atoms with Crippen LogP contribution in [0.5, 0.6) is 0 Å². The van der Waals surface area contributed by atoms with E-state index in [1.807, 2.05) is 0 Å². The molecule has 3 fully saturated rings. The van der Waals surface area contributed by atoms with Gasteiger partial charge in [0, 0.05) is 71.0 Å². The van der Waals surface area contributed by atoms with Gasteiger partial charge in [-0.15, -0.1) is 30.8 Å². The Hall–Kier alpha value is -1.83. The fraction of sp³-hybridized carbons (Fsp3) is 0.929. The molecule has 0 N–H and O–H groups in total. The first kappa shape index (κ1) is 44.9. The average Bonchev–Trinajstić information content (AvgIpc) is 3.05. The van der Waals surface area contributed by atoms with Crippen LogP contribution in [0.15, 0.2) is 0 Å². The second-order valence-electron chi connectivity index (χ2n) is 20.8. The van der Waals surface area contributed by atoms with Crippen molar-refractivity contribution in [2.75, 3.05) is 34.3 Å². The second kappa shape index (κ2) is 16.6. The van der Waals surface area contributed by atoms with Gasteiger partial charge < -0.3 is 14.7 Å². The Balaban J connectivity index is 1.97. The fourth-order valence-electron chi connectivity index (χ4n) is 10.3. The van der Waals surface area contributed by atoms with Crippen LogP contribution < -0.4 is 14.7 Å². The Bertz CT molecular complexity index is 1150. The number of aromatic nitrogens is 3. The van der Waals surface area contributed by atoms with Crippen molar-refractivity contribution in [3.63, 3.8) is 0 Å². The molecule has 4 heterocycles. The average molecular weight is 757 g/mol. The summed E-state index contributed by atoms with van der Waals surface area (Å²) in [7, 11) is 0. The molecule has 0 spiro atoms.